The Morgan fingerprint density at radius 3 is 2.64 bits per heavy atom. The van der Waals surface area contributed by atoms with E-state index in [-0.39, 0.29) is 11.8 Å². The molecule has 0 atom stereocenters. The first-order valence-electron chi connectivity index (χ1n) is 8.25. The van der Waals surface area contributed by atoms with Crippen molar-refractivity contribution in [1.29, 1.82) is 0 Å². The van der Waals surface area contributed by atoms with E-state index in [1.165, 1.54) is 0 Å². The van der Waals surface area contributed by atoms with Crippen molar-refractivity contribution in [1.82, 2.24) is 20.0 Å². The molecule has 0 spiro atoms. The molecule has 2 amide bonds. The van der Waals surface area contributed by atoms with E-state index in [9.17, 15) is 9.59 Å². The van der Waals surface area contributed by atoms with Crippen LogP contribution in [0.4, 0.5) is 0 Å². The van der Waals surface area contributed by atoms with Gasteiger partial charge in [0.2, 0.25) is 5.91 Å². The van der Waals surface area contributed by atoms with E-state index in [2.05, 4.69) is 17.1 Å². The minimum absolute atomic E-state index is 0.0506. The lowest BCUT2D eigenvalue weighted by molar-refractivity contribution is -0.132. The number of amides is 2. The maximum absolute atomic E-state index is 12.5. The zero-order valence-corrected chi connectivity index (χ0v) is 13.8. The van der Waals surface area contributed by atoms with Gasteiger partial charge in [-0.15, -0.1) is 0 Å². The maximum atomic E-state index is 12.5. The Morgan fingerprint density at radius 2 is 2.00 bits per heavy atom. The van der Waals surface area contributed by atoms with E-state index < -0.39 is 0 Å². The van der Waals surface area contributed by atoms with Crippen LogP contribution >= 0.6 is 0 Å². The van der Waals surface area contributed by atoms with Gasteiger partial charge in [0.25, 0.3) is 5.91 Å². The van der Waals surface area contributed by atoms with E-state index in [4.69, 9.17) is 0 Å². The highest BCUT2D eigenvalue weighted by Crippen LogP contribution is 2.22. The summed E-state index contributed by atoms with van der Waals surface area (Å²) in [6.45, 7) is 8.53. The highest BCUT2D eigenvalue weighted by Gasteiger charge is 2.28. The van der Waals surface area contributed by atoms with Gasteiger partial charge in [-0.25, -0.2) is 0 Å². The average Bonchev–Trinajstić information content (AvgIpc) is 2.96. The number of carbonyl (C=O) groups excluding carboxylic acids is 2. The topological polar surface area (TPSA) is 69.3 Å². The van der Waals surface area contributed by atoms with Crippen LogP contribution in [0.5, 0.6) is 0 Å². The van der Waals surface area contributed by atoms with Crippen LogP contribution in [0.3, 0.4) is 0 Å². The number of rotatable bonds is 6. The van der Waals surface area contributed by atoms with Gasteiger partial charge in [-0.2, -0.15) is 5.10 Å². The number of hydrogen-bond acceptors (Lipinski definition) is 3. The Hall–Kier alpha value is -1.85. The summed E-state index contributed by atoms with van der Waals surface area (Å²) < 4.78 is 0. The summed E-state index contributed by atoms with van der Waals surface area (Å²) in [7, 11) is 0. The van der Waals surface area contributed by atoms with Crippen LogP contribution in [0, 0.1) is 0 Å². The van der Waals surface area contributed by atoms with Crippen LogP contribution in [-0.2, 0) is 17.8 Å². The Bertz CT molecular complexity index is 534. The molecule has 0 saturated heterocycles. The Kier molecular flexibility index (Phi) is 5.57. The van der Waals surface area contributed by atoms with Gasteiger partial charge in [0.1, 0.15) is 0 Å². The zero-order valence-electron chi connectivity index (χ0n) is 13.8. The van der Waals surface area contributed by atoms with Crippen molar-refractivity contribution in [3.05, 3.63) is 17.0 Å². The molecule has 1 aliphatic rings. The van der Waals surface area contributed by atoms with Gasteiger partial charge in [-0.05, 0) is 20.3 Å². The van der Waals surface area contributed by atoms with E-state index in [1.807, 2.05) is 18.7 Å². The number of aromatic amines is 1. The summed E-state index contributed by atoms with van der Waals surface area (Å²) >= 11 is 0. The standard InChI is InChI=1S/C16H26N4O2/c1-4-7-8-14(21)20-10-9-13-12(11-20)15(18-17-13)16(22)19(5-2)6-3/h4-11H2,1-3H3,(H,17,18). The molecule has 1 aliphatic heterocycles. The quantitative estimate of drug-likeness (QED) is 0.873. The predicted octanol–water partition coefficient (Wildman–Crippen LogP) is 1.97. The number of fused-ring (bicyclic) bond motifs is 1. The van der Waals surface area contributed by atoms with Crippen LogP contribution in [0.25, 0.3) is 0 Å². The molecular weight excluding hydrogens is 280 g/mol. The average molecular weight is 306 g/mol. The first kappa shape index (κ1) is 16.5. The molecule has 1 aromatic heterocycles. The summed E-state index contributed by atoms with van der Waals surface area (Å²) in [6.07, 6.45) is 3.26. The summed E-state index contributed by atoms with van der Waals surface area (Å²) in [4.78, 5) is 28.4. The van der Waals surface area contributed by atoms with Gasteiger partial charge in [0.05, 0.1) is 0 Å². The first-order chi connectivity index (χ1) is 10.6. The summed E-state index contributed by atoms with van der Waals surface area (Å²) in [5.74, 6) is 0.125. The fourth-order valence-electron chi connectivity index (χ4n) is 2.83. The molecule has 2 rings (SSSR count). The minimum Gasteiger partial charge on any atom is -0.338 e. The largest absolute Gasteiger partial charge is 0.338 e. The molecule has 22 heavy (non-hydrogen) atoms. The zero-order chi connectivity index (χ0) is 16.1. The molecule has 6 heteroatoms. The van der Waals surface area contributed by atoms with Crippen molar-refractivity contribution in [2.24, 2.45) is 0 Å². The van der Waals surface area contributed by atoms with E-state index >= 15 is 0 Å². The van der Waals surface area contributed by atoms with Crippen molar-refractivity contribution < 1.29 is 9.59 Å². The number of aromatic nitrogens is 2. The number of H-pyrrole nitrogens is 1. The third-order valence-corrected chi connectivity index (χ3v) is 4.28. The van der Waals surface area contributed by atoms with E-state index in [0.717, 1.165) is 30.5 Å². The van der Waals surface area contributed by atoms with Gasteiger partial charge < -0.3 is 9.80 Å². The van der Waals surface area contributed by atoms with Crippen LogP contribution < -0.4 is 0 Å². The number of hydrogen-bond donors (Lipinski definition) is 1. The predicted molar refractivity (Wildman–Crippen MR) is 84.5 cm³/mol. The van der Waals surface area contributed by atoms with Crippen molar-refractivity contribution in [2.45, 2.75) is 53.0 Å². The second-order valence-electron chi connectivity index (χ2n) is 5.68. The van der Waals surface area contributed by atoms with Gasteiger partial charge in [0, 0.05) is 50.3 Å². The Labute approximate surface area is 131 Å². The maximum Gasteiger partial charge on any atom is 0.274 e. The highest BCUT2D eigenvalue weighted by molar-refractivity contribution is 5.94. The lowest BCUT2D eigenvalue weighted by Crippen LogP contribution is -2.37. The second-order valence-corrected chi connectivity index (χ2v) is 5.68. The first-order valence-corrected chi connectivity index (χ1v) is 8.25. The smallest absolute Gasteiger partial charge is 0.274 e. The van der Waals surface area contributed by atoms with Crippen LogP contribution in [0.2, 0.25) is 0 Å². The molecule has 0 unspecified atom stereocenters. The van der Waals surface area contributed by atoms with Crippen molar-refractivity contribution in [3.8, 4) is 0 Å². The third kappa shape index (κ3) is 3.31. The van der Waals surface area contributed by atoms with Crippen molar-refractivity contribution in [3.63, 3.8) is 0 Å². The molecule has 0 fully saturated rings. The molecule has 6 nitrogen and oxygen atoms in total. The van der Waals surface area contributed by atoms with Gasteiger partial charge in [-0.1, -0.05) is 13.3 Å². The second kappa shape index (κ2) is 7.42. The molecule has 122 valence electrons. The number of carbonyl (C=O) groups is 2. The molecular formula is C16H26N4O2. The van der Waals surface area contributed by atoms with Crippen LogP contribution in [0.15, 0.2) is 0 Å². The van der Waals surface area contributed by atoms with Crippen molar-refractivity contribution >= 4 is 11.8 Å². The fourth-order valence-corrected chi connectivity index (χ4v) is 2.83. The molecule has 2 heterocycles. The number of unbranched alkanes of at least 4 members (excludes halogenated alkanes) is 1. The summed E-state index contributed by atoms with van der Waals surface area (Å²) in [6, 6.07) is 0. The normalized spacial score (nSPS) is 13.9. The molecule has 0 aliphatic carbocycles. The number of nitrogens with zero attached hydrogens (tertiary/aromatic N) is 3. The van der Waals surface area contributed by atoms with E-state index in [0.29, 0.717) is 38.3 Å². The Balaban J connectivity index is 2.15. The minimum atomic E-state index is -0.0506. The molecule has 1 N–H and O–H groups in total. The molecule has 0 saturated carbocycles. The van der Waals surface area contributed by atoms with Crippen LogP contribution in [0.1, 0.15) is 61.8 Å². The number of nitrogens with one attached hydrogen (secondary N) is 1. The van der Waals surface area contributed by atoms with Gasteiger partial charge in [0.15, 0.2) is 5.69 Å². The monoisotopic (exact) mass is 306 g/mol. The molecule has 1 aromatic rings. The van der Waals surface area contributed by atoms with Gasteiger partial charge >= 0.3 is 0 Å². The fraction of sp³-hybridized carbons (Fsp3) is 0.688. The third-order valence-electron chi connectivity index (χ3n) is 4.28. The SMILES string of the molecule is CCCCC(=O)N1CCc2[nH]nc(C(=O)N(CC)CC)c2C1. The summed E-state index contributed by atoms with van der Waals surface area (Å²) in [5, 5.41) is 7.19. The lowest BCUT2D eigenvalue weighted by Gasteiger charge is -2.27. The van der Waals surface area contributed by atoms with E-state index in [1.54, 1.807) is 4.90 Å². The lowest BCUT2D eigenvalue weighted by atomic mass is 10.0. The molecule has 0 radical (unpaired) electrons. The summed E-state index contributed by atoms with van der Waals surface area (Å²) in [5.41, 5.74) is 2.37. The Morgan fingerprint density at radius 1 is 1.27 bits per heavy atom. The van der Waals surface area contributed by atoms with Crippen molar-refractivity contribution in [2.75, 3.05) is 19.6 Å². The molecule has 0 aromatic carbocycles. The highest BCUT2D eigenvalue weighted by atomic mass is 16.2. The van der Waals surface area contributed by atoms with Crippen LogP contribution in [-0.4, -0.2) is 51.4 Å². The molecule has 0 bridgehead atoms. The van der Waals surface area contributed by atoms with Gasteiger partial charge in [-0.3, -0.25) is 14.7 Å².